The molecule has 2 amide bonds. The molecule has 2 aromatic rings. The predicted molar refractivity (Wildman–Crippen MR) is 140 cm³/mol. The molecule has 0 saturated carbocycles. The van der Waals surface area contributed by atoms with Crippen molar-refractivity contribution in [3.8, 4) is 5.75 Å². The lowest BCUT2D eigenvalue weighted by Crippen LogP contribution is -2.61. The Balaban J connectivity index is 1.87. The molecule has 3 rings (SSSR count). The zero-order valence-electron chi connectivity index (χ0n) is 22.4. The first-order valence-electron chi connectivity index (χ1n) is 12.6. The van der Waals surface area contributed by atoms with Crippen molar-refractivity contribution in [1.82, 2.24) is 20.5 Å². The Morgan fingerprint density at radius 3 is 2.52 bits per heavy atom. The number of carbonyl (C=O) groups excluding carboxylic acids is 2. The SMILES string of the molecule is CCOP(=O)(CCN(C(=O)c1[nH]cc(C(=O)NCc2ccc(F)cc2F)c(=O)c1O)C1(NC)CCOC1)OCC. The largest absolute Gasteiger partial charge is 0.503 e. The van der Waals surface area contributed by atoms with Gasteiger partial charge in [0.1, 0.15) is 22.9 Å². The molecule has 1 aliphatic heterocycles. The van der Waals surface area contributed by atoms with Crippen molar-refractivity contribution in [2.24, 2.45) is 0 Å². The van der Waals surface area contributed by atoms with Crippen molar-refractivity contribution in [2.45, 2.75) is 32.5 Å². The van der Waals surface area contributed by atoms with Gasteiger partial charge in [-0.05, 0) is 27.0 Å². The number of nitrogens with zero attached hydrogens (tertiary/aromatic N) is 1. The molecular formula is C25H33F2N4O8P. The highest BCUT2D eigenvalue weighted by Crippen LogP contribution is 2.48. The van der Waals surface area contributed by atoms with Gasteiger partial charge in [-0.1, -0.05) is 6.07 Å². The average molecular weight is 587 g/mol. The van der Waals surface area contributed by atoms with Crippen LogP contribution in [0.5, 0.6) is 5.75 Å². The molecule has 220 valence electrons. The minimum Gasteiger partial charge on any atom is -0.503 e. The molecule has 1 unspecified atom stereocenters. The van der Waals surface area contributed by atoms with Gasteiger partial charge < -0.3 is 34.1 Å². The third-order valence-corrected chi connectivity index (χ3v) is 8.50. The van der Waals surface area contributed by atoms with E-state index in [2.05, 4.69) is 15.6 Å². The van der Waals surface area contributed by atoms with E-state index < -0.39 is 59.1 Å². The van der Waals surface area contributed by atoms with E-state index in [0.29, 0.717) is 19.1 Å². The van der Waals surface area contributed by atoms with Crippen LogP contribution in [0.15, 0.2) is 29.2 Å². The van der Waals surface area contributed by atoms with Crippen LogP contribution >= 0.6 is 7.60 Å². The van der Waals surface area contributed by atoms with E-state index in [0.717, 1.165) is 18.3 Å². The molecule has 1 aromatic heterocycles. The lowest BCUT2D eigenvalue weighted by Gasteiger charge is -2.40. The monoisotopic (exact) mass is 586 g/mol. The molecule has 1 saturated heterocycles. The summed E-state index contributed by atoms with van der Waals surface area (Å²) in [4.78, 5) is 43.0. The quantitative estimate of drug-likeness (QED) is 0.204. The molecule has 1 atom stereocenters. The smallest absolute Gasteiger partial charge is 0.332 e. The maximum absolute atomic E-state index is 13.9. The number of pyridine rings is 1. The number of benzene rings is 1. The third kappa shape index (κ3) is 6.94. The van der Waals surface area contributed by atoms with Gasteiger partial charge in [0.2, 0.25) is 5.43 Å². The fourth-order valence-corrected chi connectivity index (χ4v) is 5.88. The molecule has 0 bridgehead atoms. The summed E-state index contributed by atoms with van der Waals surface area (Å²) < 4.78 is 56.3. The van der Waals surface area contributed by atoms with Gasteiger partial charge in [-0.3, -0.25) is 24.3 Å². The van der Waals surface area contributed by atoms with E-state index in [4.69, 9.17) is 13.8 Å². The maximum Gasteiger partial charge on any atom is 0.332 e. The molecule has 0 spiro atoms. The van der Waals surface area contributed by atoms with Crippen LogP contribution in [-0.2, 0) is 24.9 Å². The Hall–Kier alpha value is -3.16. The van der Waals surface area contributed by atoms with Crippen LogP contribution in [0.2, 0.25) is 0 Å². The number of aromatic amines is 1. The van der Waals surface area contributed by atoms with Gasteiger partial charge >= 0.3 is 7.60 Å². The van der Waals surface area contributed by atoms with Crippen molar-refractivity contribution in [1.29, 1.82) is 0 Å². The molecule has 12 nitrogen and oxygen atoms in total. The molecule has 1 aliphatic rings. The summed E-state index contributed by atoms with van der Waals surface area (Å²) in [6, 6.07) is 2.81. The number of rotatable bonds is 13. The zero-order chi connectivity index (χ0) is 29.5. The molecule has 4 N–H and O–H groups in total. The number of hydrogen-bond donors (Lipinski definition) is 4. The maximum atomic E-state index is 13.9. The first-order chi connectivity index (χ1) is 19.0. The summed E-state index contributed by atoms with van der Waals surface area (Å²) in [6.45, 7) is 3.45. The highest BCUT2D eigenvalue weighted by molar-refractivity contribution is 7.53. The minimum atomic E-state index is -3.56. The molecule has 1 aromatic carbocycles. The number of halogens is 2. The van der Waals surface area contributed by atoms with Crippen molar-refractivity contribution < 1.29 is 41.8 Å². The Morgan fingerprint density at radius 1 is 1.25 bits per heavy atom. The molecule has 0 aliphatic carbocycles. The van der Waals surface area contributed by atoms with Gasteiger partial charge in [0.05, 0.1) is 32.6 Å². The summed E-state index contributed by atoms with van der Waals surface area (Å²) in [5.41, 5.74) is -3.26. The van der Waals surface area contributed by atoms with Crippen LogP contribution in [-0.4, -0.2) is 78.6 Å². The van der Waals surface area contributed by atoms with Crippen LogP contribution in [0.25, 0.3) is 0 Å². The summed E-state index contributed by atoms with van der Waals surface area (Å²) in [6.07, 6.45) is 1.13. The Morgan fingerprint density at radius 2 is 1.95 bits per heavy atom. The standard InChI is InChI=1S/C25H33F2N4O8P/c1-4-38-40(36,39-5-2)11-9-31(25(28-3)8-10-37-15-25)24(35)20-22(33)21(32)18(14-29-20)23(34)30-13-16-6-7-17(26)12-19(16)27/h6-7,12,14,28,33H,4-5,8-11,13,15H2,1-3H3,(H,29,32)(H,30,34). The van der Waals surface area contributed by atoms with Crippen molar-refractivity contribution >= 4 is 19.4 Å². The number of hydrogen-bond acceptors (Lipinski definition) is 9. The third-order valence-electron chi connectivity index (χ3n) is 6.45. The summed E-state index contributed by atoms with van der Waals surface area (Å²) in [5, 5.41) is 16.0. The molecular weight excluding hydrogens is 553 g/mol. The highest BCUT2D eigenvalue weighted by Gasteiger charge is 2.44. The Labute approximate surface area is 229 Å². The summed E-state index contributed by atoms with van der Waals surface area (Å²) in [7, 11) is -1.95. The second kappa shape index (κ2) is 13.5. The lowest BCUT2D eigenvalue weighted by molar-refractivity contribution is 0.0324. The first kappa shape index (κ1) is 31.4. The highest BCUT2D eigenvalue weighted by atomic mass is 31.2. The van der Waals surface area contributed by atoms with E-state index in [1.807, 2.05) is 0 Å². The van der Waals surface area contributed by atoms with Crippen LogP contribution < -0.4 is 16.1 Å². The number of aromatic hydroxyl groups is 1. The molecule has 40 heavy (non-hydrogen) atoms. The topological polar surface area (TPSA) is 159 Å². The fraction of sp³-hybridized carbons (Fsp3) is 0.480. The lowest BCUT2D eigenvalue weighted by atomic mass is 10.1. The zero-order valence-corrected chi connectivity index (χ0v) is 23.3. The van der Waals surface area contributed by atoms with Crippen LogP contribution in [0.4, 0.5) is 8.78 Å². The van der Waals surface area contributed by atoms with E-state index >= 15 is 0 Å². The number of likely N-dealkylation sites (N-methyl/N-ethyl adjacent to an activating group) is 1. The van der Waals surface area contributed by atoms with Gasteiger partial charge in [-0.15, -0.1) is 0 Å². The summed E-state index contributed by atoms with van der Waals surface area (Å²) in [5.74, 6) is -4.47. The van der Waals surface area contributed by atoms with Crippen molar-refractivity contribution in [2.75, 3.05) is 46.2 Å². The van der Waals surface area contributed by atoms with Gasteiger partial charge in [0.15, 0.2) is 11.4 Å². The van der Waals surface area contributed by atoms with Gasteiger partial charge in [0, 0.05) is 37.3 Å². The molecule has 0 radical (unpaired) electrons. The van der Waals surface area contributed by atoms with Gasteiger partial charge in [-0.2, -0.15) is 0 Å². The van der Waals surface area contributed by atoms with E-state index in [-0.39, 0.29) is 44.6 Å². The van der Waals surface area contributed by atoms with E-state index in [1.165, 1.54) is 4.90 Å². The minimum absolute atomic E-state index is 0.0228. The van der Waals surface area contributed by atoms with E-state index in [9.17, 15) is 32.8 Å². The molecule has 15 heteroatoms. The normalized spacial score (nSPS) is 17.1. The van der Waals surface area contributed by atoms with Crippen molar-refractivity contribution in [3.05, 3.63) is 63.1 Å². The first-order valence-corrected chi connectivity index (χ1v) is 14.4. The fourth-order valence-electron chi connectivity index (χ4n) is 4.31. The summed E-state index contributed by atoms with van der Waals surface area (Å²) >= 11 is 0. The van der Waals surface area contributed by atoms with Crippen LogP contribution in [0.1, 0.15) is 46.7 Å². The van der Waals surface area contributed by atoms with E-state index in [1.54, 1.807) is 20.9 Å². The van der Waals surface area contributed by atoms with Crippen LogP contribution in [0.3, 0.4) is 0 Å². The number of nitrogens with one attached hydrogen (secondary N) is 3. The van der Waals surface area contributed by atoms with Gasteiger partial charge in [0.25, 0.3) is 11.8 Å². The number of carbonyl (C=O) groups is 2. The van der Waals surface area contributed by atoms with Crippen LogP contribution in [0, 0.1) is 11.6 Å². The second-order valence-corrected chi connectivity index (χ2v) is 11.1. The number of H-pyrrole nitrogens is 1. The number of aromatic nitrogens is 1. The predicted octanol–water partition coefficient (Wildman–Crippen LogP) is 2.33. The molecule has 2 heterocycles. The number of ether oxygens (including phenoxy) is 1. The van der Waals surface area contributed by atoms with Gasteiger partial charge in [-0.25, -0.2) is 8.78 Å². The Kier molecular flexibility index (Phi) is 10.6. The van der Waals surface area contributed by atoms with Crippen molar-refractivity contribution in [3.63, 3.8) is 0 Å². The Bertz CT molecular complexity index is 1320. The number of amides is 2. The second-order valence-electron chi connectivity index (χ2n) is 8.88. The average Bonchev–Trinajstić information content (AvgIpc) is 3.40. The molecule has 1 fully saturated rings.